The number of aryl methyl sites for hydroxylation is 1. The van der Waals surface area contributed by atoms with Crippen molar-refractivity contribution in [3.63, 3.8) is 0 Å². The Bertz CT molecular complexity index is 451. The second-order valence-corrected chi connectivity index (χ2v) is 5.55. The van der Waals surface area contributed by atoms with E-state index in [1.165, 1.54) is 42.9 Å². The van der Waals surface area contributed by atoms with Gasteiger partial charge < -0.3 is 0 Å². The molecule has 0 N–H and O–H groups in total. The third-order valence-corrected chi connectivity index (χ3v) is 4.67. The van der Waals surface area contributed by atoms with Gasteiger partial charge in [0.05, 0.1) is 0 Å². The van der Waals surface area contributed by atoms with Gasteiger partial charge in [0.2, 0.25) is 0 Å². The maximum Gasteiger partial charge on any atom is 0.0124 e. The molecule has 1 fully saturated rings. The lowest BCUT2D eigenvalue weighted by molar-refractivity contribution is 0.297. The van der Waals surface area contributed by atoms with E-state index in [2.05, 4.69) is 29.6 Å². The van der Waals surface area contributed by atoms with Gasteiger partial charge in [-0.05, 0) is 34.9 Å². The Morgan fingerprint density at radius 1 is 1.20 bits per heavy atom. The molecule has 1 heteroatoms. The molecule has 0 bridgehead atoms. The first kappa shape index (κ1) is 9.41. The zero-order chi connectivity index (χ0) is 10.1. The standard InChI is InChI=1S/C14H16S/c1-2-7-13-12(6-1)10-15-14(13)9-8-11-4-3-5-11/h1-2,6-7,10-11H,3-5,8-9H2. The molecule has 1 aliphatic rings. The average molecular weight is 216 g/mol. The van der Waals surface area contributed by atoms with E-state index < -0.39 is 0 Å². The van der Waals surface area contributed by atoms with Gasteiger partial charge in [0.1, 0.15) is 0 Å². The van der Waals surface area contributed by atoms with Gasteiger partial charge in [0.15, 0.2) is 0 Å². The number of hydrogen-bond donors (Lipinski definition) is 0. The SMILES string of the molecule is c1ccc2c(CCC3CCC3)scc2c1. The van der Waals surface area contributed by atoms with Crippen LogP contribution in [0.1, 0.15) is 30.6 Å². The fourth-order valence-electron chi connectivity index (χ4n) is 2.36. The maximum absolute atomic E-state index is 2.30. The van der Waals surface area contributed by atoms with E-state index in [4.69, 9.17) is 0 Å². The van der Waals surface area contributed by atoms with Crippen molar-refractivity contribution < 1.29 is 0 Å². The summed E-state index contributed by atoms with van der Waals surface area (Å²) in [6.45, 7) is 0. The first-order valence-corrected chi connectivity index (χ1v) is 6.76. The topological polar surface area (TPSA) is 0 Å². The molecule has 1 saturated carbocycles. The van der Waals surface area contributed by atoms with Crippen LogP contribution in [0.3, 0.4) is 0 Å². The van der Waals surface area contributed by atoms with Crippen molar-refractivity contribution in [1.82, 2.24) is 0 Å². The van der Waals surface area contributed by atoms with Gasteiger partial charge in [-0.15, -0.1) is 11.3 Å². The fraction of sp³-hybridized carbons (Fsp3) is 0.429. The summed E-state index contributed by atoms with van der Waals surface area (Å²) in [6, 6.07) is 8.77. The molecule has 0 nitrogen and oxygen atoms in total. The Balaban J connectivity index is 1.78. The molecule has 0 aliphatic heterocycles. The predicted octanol–water partition coefficient (Wildman–Crippen LogP) is 4.63. The molecule has 78 valence electrons. The van der Waals surface area contributed by atoms with Crippen molar-refractivity contribution in [1.29, 1.82) is 0 Å². The van der Waals surface area contributed by atoms with Crippen LogP contribution in [0.2, 0.25) is 0 Å². The van der Waals surface area contributed by atoms with Crippen molar-refractivity contribution in [2.45, 2.75) is 32.1 Å². The minimum atomic E-state index is 1.03. The molecule has 1 aliphatic carbocycles. The number of benzene rings is 1. The molecular formula is C14H16S. The molecule has 0 atom stereocenters. The van der Waals surface area contributed by atoms with Crippen molar-refractivity contribution in [3.05, 3.63) is 34.5 Å². The van der Waals surface area contributed by atoms with Crippen LogP contribution < -0.4 is 0 Å². The quantitative estimate of drug-likeness (QED) is 0.701. The Morgan fingerprint density at radius 2 is 2.07 bits per heavy atom. The highest BCUT2D eigenvalue weighted by atomic mass is 32.1. The van der Waals surface area contributed by atoms with Gasteiger partial charge in [-0.2, -0.15) is 0 Å². The van der Waals surface area contributed by atoms with Crippen LogP contribution in [0.5, 0.6) is 0 Å². The number of fused-ring (bicyclic) bond motifs is 1. The molecule has 1 heterocycles. The summed E-state index contributed by atoms with van der Waals surface area (Å²) in [5.74, 6) is 1.03. The summed E-state index contributed by atoms with van der Waals surface area (Å²) in [6.07, 6.45) is 7.12. The van der Waals surface area contributed by atoms with E-state index in [0.717, 1.165) is 5.92 Å². The molecule has 15 heavy (non-hydrogen) atoms. The molecular weight excluding hydrogens is 200 g/mol. The largest absolute Gasteiger partial charge is 0.148 e. The molecule has 1 aromatic heterocycles. The molecule has 0 amide bonds. The number of rotatable bonds is 3. The van der Waals surface area contributed by atoms with Crippen LogP contribution in [0.25, 0.3) is 10.8 Å². The Labute approximate surface area is 94.9 Å². The summed E-state index contributed by atoms with van der Waals surface area (Å²) in [4.78, 5) is 1.59. The first-order valence-electron chi connectivity index (χ1n) is 5.88. The fourth-order valence-corrected chi connectivity index (χ4v) is 3.39. The van der Waals surface area contributed by atoms with Crippen molar-refractivity contribution in [3.8, 4) is 0 Å². The molecule has 3 rings (SSSR count). The van der Waals surface area contributed by atoms with E-state index in [9.17, 15) is 0 Å². The lowest BCUT2D eigenvalue weighted by Gasteiger charge is -2.24. The number of hydrogen-bond acceptors (Lipinski definition) is 1. The van der Waals surface area contributed by atoms with Gasteiger partial charge in [0.25, 0.3) is 0 Å². The summed E-state index contributed by atoms with van der Waals surface area (Å²) >= 11 is 1.94. The van der Waals surface area contributed by atoms with Gasteiger partial charge in [-0.1, -0.05) is 43.5 Å². The lowest BCUT2D eigenvalue weighted by Crippen LogP contribution is -2.11. The van der Waals surface area contributed by atoms with Crippen LogP contribution in [0, 0.1) is 5.92 Å². The zero-order valence-corrected chi connectivity index (χ0v) is 9.72. The smallest absolute Gasteiger partial charge is 0.0124 e. The van der Waals surface area contributed by atoms with Crippen molar-refractivity contribution in [2.75, 3.05) is 0 Å². The highest BCUT2D eigenvalue weighted by molar-refractivity contribution is 7.11. The maximum atomic E-state index is 2.30. The van der Waals surface area contributed by atoms with E-state index in [-0.39, 0.29) is 0 Å². The Morgan fingerprint density at radius 3 is 2.87 bits per heavy atom. The molecule has 0 radical (unpaired) electrons. The van der Waals surface area contributed by atoms with Crippen LogP contribution in [0.15, 0.2) is 29.6 Å². The van der Waals surface area contributed by atoms with Gasteiger partial charge >= 0.3 is 0 Å². The normalized spacial score (nSPS) is 16.8. The van der Waals surface area contributed by atoms with Crippen LogP contribution in [-0.4, -0.2) is 0 Å². The van der Waals surface area contributed by atoms with Crippen LogP contribution in [0.4, 0.5) is 0 Å². The summed E-state index contributed by atoms with van der Waals surface area (Å²) in [5, 5.41) is 5.21. The molecule has 0 saturated heterocycles. The number of thiophene rings is 1. The van der Waals surface area contributed by atoms with E-state index in [1.807, 2.05) is 11.3 Å². The van der Waals surface area contributed by atoms with Gasteiger partial charge in [-0.25, -0.2) is 0 Å². The Kier molecular flexibility index (Phi) is 2.49. The highest BCUT2D eigenvalue weighted by Gasteiger charge is 2.17. The highest BCUT2D eigenvalue weighted by Crippen LogP contribution is 2.33. The molecule has 0 unspecified atom stereocenters. The second kappa shape index (κ2) is 3.97. The van der Waals surface area contributed by atoms with Crippen LogP contribution >= 0.6 is 11.3 Å². The lowest BCUT2D eigenvalue weighted by atomic mass is 9.82. The van der Waals surface area contributed by atoms with Gasteiger partial charge in [-0.3, -0.25) is 0 Å². The van der Waals surface area contributed by atoms with Crippen LogP contribution in [-0.2, 0) is 6.42 Å². The molecule has 0 spiro atoms. The van der Waals surface area contributed by atoms with E-state index >= 15 is 0 Å². The third kappa shape index (κ3) is 1.81. The summed E-state index contributed by atoms with van der Waals surface area (Å²) in [7, 11) is 0. The predicted molar refractivity (Wildman–Crippen MR) is 67.5 cm³/mol. The average Bonchev–Trinajstić information content (AvgIpc) is 2.60. The summed E-state index contributed by atoms with van der Waals surface area (Å²) < 4.78 is 0. The minimum Gasteiger partial charge on any atom is -0.148 e. The van der Waals surface area contributed by atoms with Gasteiger partial charge in [0, 0.05) is 4.88 Å². The van der Waals surface area contributed by atoms with Crippen molar-refractivity contribution >= 4 is 22.1 Å². The molecule has 2 aromatic rings. The summed E-state index contributed by atoms with van der Waals surface area (Å²) in [5.41, 5.74) is 0. The second-order valence-electron chi connectivity index (χ2n) is 4.58. The zero-order valence-electron chi connectivity index (χ0n) is 8.91. The van der Waals surface area contributed by atoms with E-state index in [1.54, 1.807) is 4.88 Å². The monoisotopic (exact) mass is 216 g/mol. The first-order chi connectivity index (χ1) is 7.43. The molecule has 1 aromatic carbocycles. The van der Waals surface area contributed by atoms with E-state index in [0.29, 0.717) is 0 Å². The third-order valence-electron chi connectivity index (χ3n) is 3.59. The van der Waals surface area contributed by atoms with Crippen molar-refractivity contribution in [2.24, 2.45) is 5.92 Å². The minimum absolute atomic E-state index is 1.03. The Hall–Kier alpha value is -0.820.